The molecule has 0 spiro atoms. The van der Waals surface area contributed by atoms with E-state index in [9.17, 15) is 4.79 Å². The van der Waals surface area contributed by atoms with Gasteiger partial charge in [-0.1, -0.05) is 20.8 Å². The van der Waals surface area contributed by atoms with Crippen LogP contribution in [-0.4, -0.2) is 16.1 Å². The number of carbonyl (C=O) groups is 1. The van der Waals surface area contributed by atoms with Crippen LogP contribution in [0.5, 0.6) is 0 Å². The normalized spacial score (nSPS) is 10.5. The second-order valence-electron chi connectivity index (χ2n) is 4.02. The van der Waals surface area contributed by atoms with Gasteiger partial charge in [-0.2, -0.15) is 0 Å². The van der Waals surface area contributed by atoms with Crippen LogP contribution in [0.25, 0.3) is 0 Å². The number of halogens is 1. The third-order valence-corrected chi connectivity index (χ3v) is 1.85. The van der Waals surface area contributed by atoms with Gasteiger partial charge in [0.15, 0.2) is 0 Å². The zero-order valence-corrected chi connectivity index (χ0v) is 9.26. The summed E-state index contributed by atoms with van der Waals surface area (Å²) < 4.78 is 0. The van der Waals surface area contributed by atoms with Gasteiger partial charge in [0.2, 0.25) is 0 Å². The van der Waals surface area contributed by atoms with E-state index in [0.717, 1.165) is 5.56 Å². The van der Waals surface area contributed by atoms with Crippen LogP contribution in [-0.2, 0) is 5.41 Å². The SMILES string of the molecule is CC(C)(C)c1cncc(C(=O)O)c1.Cl. The molecule has 0 unspecified atom stereocenters. The molecule has 14 heavy (non-hydrogen) atoms. The van der Waals surface area contributed by atoms with E-state index < -0.39 is 5.97 Å². The minimum Gasteiger partial charge on any atom is -0.478 e. The molecule has 78 valence electrons. The topological polar surface area (TPSA) is 50.2 Å². The van der Waals surface area contributed by atoms with Crippen molar-refractivity contribution in [3.63, 3.8) is 0 Å². The lowest BCUT2D eigenvalue weighted by atomic mass is 9.88. The van der Waals surface area contributed by atoms with Gasteiger partial charge in [-0.05, 0) is 17.0 Å². The first-order valence-electron chi connectivity index (χ1n) is 4.10. The van der Waals surface area contributed by atoms with Crippen molar-refractivity contribution in [1.29, 1.82) is 0 Å². The number of carboxylic acid groups (broad SMARTS) is 1. The van der Waals surface area contributed by atoms with Crippen molar-refractivity contribution in [2.45, 2.75) is 26.2 Å². The molecule has 1 aromatic rings. The molecule has 4 heteroatoms. The van der Waals surface area contributed by atoms with E-state index >= 15 is 0 Å². The molecule has 1 rings (SSSR count). The number of hydrogen-bond acceptors (Lipinski definition) is 2. The van der Waals surface area contributed by atoms with Gasteiger partial charge in [0.1, 0.15) is 0 Å². The van der Waals surface area contributed by atoms with Crippen LogP contribution < -0.4 is 0 Å². The lowest BCUT2D eigenvalue weighted by molar-refractivity contribution is 0.0696. The fraction of sp³-hybridized carbons (Fsp3) is 0.400. The molecule has 0 bridgehead atoms. The molecule has 0 fully saturated rings. The van der Waals surface area contributed by atoms with Crippen molar-refractivity contribution >= 4 is 18.4 Å². The van der Waals surface area contributed by atoms with Gasteiger partial charge in [0.05, 0.1) is 5.56 Å². The zero-order chi connectivity index (χ0) is 10.1. The Morgan fingerprint density at radius 1 is 1.36 bits per heavy atom. The molecular weight excluding hydrogens is 202 g/mol. The molecule has 1 N–H and O–H groups in total. The third kappa shape index (κ3) is 3.00. The Balaban J connectivity index is 0.00000169. The lowest BCUT2D eigenvalue weighted by Crippen LogP contribution is -2.12. The maximum absolute atomic E-state index is 10.6. The van der Waals surface area contributed by atoms with E-state index in [1.54, 1.807) is 12.3 Å². The van der Waals surface area contributed by atoms with E-state index in [2.05, 4.69) is 4.98 Å². The lowest BCUT2D eigenvalue weighted by Gasteiger charge is -2.18. The van der Waals surface area contributed by atoms with Crippen LogP contribution in [0.2, 0.25) is 0 Å². The Bertz CT molecular complexity index is 331. The smallest absolute Gasteiger partial charge is 0.337 e. The van der Waals surface area contributed by atoms with E-state index in [1.165, 1.54) is 6.20 Å². The fourth-order valence-electron chi connectivity index (χ4n) is 0.967. The van der Waals surface area contributed by atoms with Crippen molar-refractivity contribution in [3.8, 4) is 0 Å². The molecular formula is C10H14ClNO2. The molecule has 0 saturated carbocycles. The first-order chi connectivity index (χ1) is 5.91. The number of pyridine rings is 1. The number of aromatic nitrogens is 1. The molecule has 0 aliphatic heterocycles. The van der Waals surface area contributed by atoms with Gasteiger partial charge in [-0.15, -0.1) is 12.4 Å². The average Bonchev–Trinajstić information content (AvgIpc) is 2.03. The van der Waals surface area contributed by atoms with Crippen LogP contribution in [0.15, 0.2) is 18.5 Å². The summed E-state index contributed by atoms with van der Waals surface area (Å²) in [4.78, 5) is 14.5. The molecule has 3 nitrogen and oxygen atoms in total. The molecule has 0 saturated heterocycles. The van der Waals surface area contributed by atoms with Gasteiger partial charge in [0.25, 0.3) is 0 Å². The van der Waals surface area contributed by atoms with Gasteiger partial charge < -0.3 is 5.11 Å². The second kappa shape index (κ2) is 4.42. The molecule has 1 aromatic heterocycles. The van der Waals surface area contributed by atoms with Crippen LogP contribution in [0.1, 0.15) is 36.7 Å². The number of rotatable bonds is 1. The minimum atomic E-state index is -0.932. The maximum Gasteiger partial charge on any atom is 0.337 e. The molecule has 0 aromatic carbocycles. The van der Waals surface area contributed by atoms with Crippen molar-refractivity contribution in [2.75, 3.05) is 0 Å². The second-order valence-corrected chi connectivity index (χ2v) is 4.02. The van der Waals surface area contributed by atoms with Crippen molar-refractivity contribution in [3.05, 3.63) is 29.6 Å². The number of carboxylic acids is 1. The van der Waals surface area contributed by atoms with Crippen LogP contribution in [0, 0.1) is 0 Å². The summed E-state index contributed by atoms with van der Waals surface area (Å²) in [6, 6.07) is 1.66. The third-order valence-electron chi connectivity index (χ3n) is 1.85. The molecule has 0 aliphatic rings. The van der Waals surface area contributed by atoms with Crippen LogP contribution in [0.3, 0.4) is 0 Å². The highest BCUT2D eigenvalue weighted by Gasteiger charge is 2.15. The van der Waals surface area contributed by atoms with Gasteiger partial charge in [0, 0.05) is 12.4 Å². The highest BCUT2D eigenvalue weighted by Crippen LogP contribution is 2.21. The Labute approximate surface area is 89.6 Å². The van der Waals surface area contributed by atoms with E-state index in [-0.39, 0.29) is 23.4 Å². The molecule has 0 aliphatic carbocycles. The van der Waals surface area contributed by atoms with E-state index in [4.69, 9.17) is 5.11 Å². The van der Waals surface area contributed by atoms with E-state index in [0.29, 0.717) is 0 Å². The number of hydrogen-bond donors (Lipinski definition) is 1. The Morgan fingerprint density at radius 2 is 1.93 bits per heavy atom. The highest BCUT2D eigenvalue weighted by atomic mass is 35.5. The highest BCUT2D eigenvalue weighted by molar-refractivity contribution is 5.87. The van der Waals surface area contributed by atoms with Gasteiger partial charge >= 0.3 is 5.97 Å². The standard InChI is InChI=1S/C10H13NO2.ClH/c1-10(2,3)8-4-7(9(12)13)5-11-6-8;/h4-6H,1-3H3,(H,12,13);1H. The molecule has 1 heterocycles. The van der Waals surface area contributed by atoms with Crippen LogP contribution >= 0.6 is 12.4 Å². The monoisotopic (exact) mass is 215 g/mol. The van der Waals surface area contributed by atoms with Crippen molar-refractivity contribution in [1.82, 2.24) is 4.98 Å². The Hall–Kier alpha value is -1.09. The summed E-state index contributed by atoms with van der Waals surface area (Å²) in [6.07, 6.45) is 3.06. The summed E-state index contributed by atoms with van der Waals surface area (Å²) >= 11 is 0. The summed E-state index contributed by atoms with van der Waals surface area (Å²) in [5, 5.41) is 8.73. The van der Waals surface area contributed by atoms with Crippen LogP contribution in [0.4, 0.5) is 0 Å². The first-order valence-corrected chi connectivity index (χ1v) is 4.10. The number of aromatic carboxylic acids is 1. The zero-order valence-electron chi connectivity index (χ0n) is 8.44. The number of nitrogens with zero attached hydrogens (tertiary/aromatic N) is 1. The summed E-state index contributed by atoms with van der Waals surface area (Å²) in [6.45, 7) is 6.07. The predicted octanol–water partition coefficient (Wildman–Crippen LogP) is 2.50. The fourth-order valence-corrected chi connectivity index (χ4v) is 0.967. The minimum absolute atomic E-state index is 0. The Morgan fingerprint density at radius 3 is 2.36 bits per heavy atom. The first kappa shape index (κ1) is 12.9. The van der Waals surface area contributed by atoms with E-state index in [1.807, 2.05) is 20.8 Å². The van der Waals surface area contributed by atoms with Gasteiger partial charge in [-0.25, -0.2) is 4.79 Å². The van der Waals surface area contributed by atoms with Crippen molar-refractivity contribution in [2.24, 2.45) is 0 Å². The Kier molecular flexibility index (Phi) is 4.08. The average molecular weight is 216 g/mol. The molecule has 0 radical (unpaired) electrons. The largest absolute Gasteiger partial charge is 0.478 e. The predicted molar refractivity (Wildman–Crippen MR) is 57.1 cm³/mol. The maximum atomic E-state index is 10.6. The summed E-state index contributed by atoms with van der Waals surface area (Å²) in [7, 11) is 0. The molecule has 0 amide bonds. The molecule has 0 atom stereocenters. The summed E-state index contributed by atoms with van der Waals surface area (Å²) in [5.74, 6) is -0.932. The van der Waals surface area contributed by atoms with Gasteiger partial charge in [-0.3, -0.25) is 4.98 Å². The summed E-state index contributed by atoms with van der Waals surface area (Å²) in [5.41, 5.74) is 1.12. The quantitative estimate of drug-likeness (QED) is 0.783. The van der Waals surface area contributed by atoms with Crippen molar-refractivity contribution < 1.29 is 9.90 Å².